The second-order valence-electron chi connectivity index (χ2n) is 7.89. The molecule has 0 unspecified atom stereocenters. The van der Waals surface area contributed by atoms with Gasteiger partial charge in [-0.3, -0.25) is 19.4 Å². The molecule has 8 nitrogen and oxygen atoms in total. The third kappa shape index (κ3) is 5.53. The highest BCUT2D eigenvalue weighted by Crippen LogP contribution is 2.27. The van der Waals surface area contributed by atoms with Crippen LogP contribution >= 0.6 is 0 Å². The van der Waals surface area contributed by atoms with E-state index in [9.17, 15) is 9.59 Å². The van der Waals surface area contributed by atoms with Crippen molar-refractivity contribution in [1.82, 2.24) is 15.0 Å². The zero-order valence-electron chi connectivity index (χ0n) is 18.5. The van der Waals surface area contributed by atoms with Crippen molar-refractivity contribution in [3.63, 3.8) is 0 Å². The molecule has 0 aliphatic heterocycles. The molecule has 1 saturated carbocycles. The summed E-state index contributed by atoms with van der Waals surface area (Å²) in [4.78, 5) is 39.2. The number of amides is 2. The molecule has 0 saturated heterocycles. The molecule has 2 aromatic heterocycles. The lowest BCUT2D eigenvalue weighted by atomic mass is 10.1. The maximum atomic E-state index is 13.2. The lowest BCUT2D eigenvalue weighted by molar-refractivity contribution is -0.121. The van der Waals surface area contributed by atoms with Crippen LogP contribution < -0.4 is 10.6 Å². The summed E-state index contributed by atoms with van der Waals surface area (Å²) in [6, 6.07) is 14.5. The number of aromatic nitrogens is 2. The fraction of sp³-hybridized carbons (Fsp3) is 0.280. The fourth-order valence-corrected chi connectivity index (χ4v) is 4.02. The SMILES string of the molecule is CON(C(=O)c1ccccc1NCc1ccnc(NC(=O)c2ccncc2)c1)C1CCCC1. The van der Waals surface area contributed by atoms with Gasteiger partial charge in [-0.15, -0.1) is 0 Å². The van der Waals surface area contributed by atoms with Gasteiger partial charge in [0.05, 0.1) is 18.7 Å². The Balaban J connectivity index is 1.44. The number of carbonyl (C=O) groups is 2. The molecule has 1 aromatic carbocycles. The van der Waals surface area contributed by atoms with E-state index in [-0.39, 0.29) is 17.9 Å². The summed E-state index contributed by atoms with van der Waals surface area (Å²) in [6.07, 6.45) is 8.92. The highest BCUT2D eigenvalue weighted by Gasteiger charge is 2.29. The predicted molar refractivity (Wildman–Crippen MR) is 126 cm³/mol. The third-order valence-electron chi connectivity index (χ3n) is 5.70. The molecule has 1 fully saturated rings. The molecular formula is C25H27N5O3. The number of hydrogen-bond donors (Lipinski definition) is 2. The average Bonchev–Trinajstić information content (AvgIpc) is 3.39. The first-order valence-electron chi connectivity index (χ1n) is 11.0. The highest BCUT2D eigenvalue weighted by molar-refractivity contribution is 6.03. The molecule has 0 radical (unpaired) electrons. The number of hydroxylamine groups is 2. The Bertz CT molecular complexity index is 1100. The zero-order valence-corrected chi connectivity index (χ0v) is 18.5. The van der Waals surface area contributed by atoms with E-state index in [1.54, 1.807) is 50.0 Å². The van der Waals surface area contributed by atoms with Gasteiger partial charge in [0.2, 0.25) is 0 Å². The topological polar surface area (TPSA) is 96.5 Å². The van der Waals surface area contributed by atoms with Crippen molar-refractivity contribution in [2.75, 3.05) is 17.7 Å². The van der Waals surface area contributed by atoms with E-state index in [4.69, 9.17) is 4.84 Å². The van der Waals surface area contributed by atoms with Crippen LogP contribution in [-0.4, -0.2) is 40.0 Å². The summed E-state index contributed by atoms with van der Waals surface area (Å²) in [5.74, 6) is 0.0531. The van der Waals surface area contributed by atoms with Gasteiger partial charge in [-0.25, -0.2) is 10.0 Å². The monoisotopic (exact) mass is 445 g/mol. The standard InChI is InChI=1S/C25H27N5O3/c1-33-30(20-6-2-3-7-20)25(32)21-8-4-5-9-22(21)28-17-18-10-15-27-23(16-18)29-24(31)19-11-13-26-14-12-19/h4-5,8-16,20,28H,2-3,6-7,17H2,1H3,(H,27,29,31). The summed E-state index contributed by atoms with van der Waals surface area (Å²) >= 11 is 0. The lowest BCUT2D eigenvalue weighted by Crippen LogP contribution is -2.38. The first kappa shape index (κ1) is 22.4. The minimum Gasteiger partial charge on any atom is -0.380 e. The molecule has 2 N–H and O–H groups in total. The van der Waals surface area contributed by atoms with Crippen LogP contribution in [0.2, 0.25) is 0 Å². The van der Waals surface area contributed by atoms with Crippen molar-refractivity contribution >= 4 is 23.3 Å². The second-order valence-corrected chi connectivity index (χ2v) is 7.89. The number of pyridine rings is 2. The number of benzene rings is 1. The van der Waals surface area contributed by atoms with Crippen LogP contribution in [-0.2, 0) is 11.4 Å². The molecule has 8 heteroatoms. The van der Waals surface area contributed by atoms with Gasteiger partial charge >= 0.3 is 0 Å². The summed E-state index contributed by atoms with van der Waals surface area (Å²) in [5.41, 5.74) is 2.71. The summed E-state index contributed by atoms with van der Waals surface area (Å²) < 4.78 is 0. The Morgan fingerprint density at radius 1 is 1.06 bits per heavy atom. The predicted octanol–water partition coefficient (Wildman–Crippen LogP) is 4.29. The first-order valence-corrected chi connectivity index (χ1v) is 11.0. The molecule has 1 aliphatic rings. The van der Waals surface area contributed by atoms with E-state index < -0.39 is 0 Å². The van der Waals surface area contributed by atoms with Gasteiger partial charge in [0.1, 0.15) is 5.82 Å². The Kier molecular flexibility index (Phi) is 7.26. The Hall–Kier alpha value is -3.78. The zero-order chi connectivity index (χ0) is 23.0. The minimum atomic E-state index is -0.252. The number of rotatable bonds is 8. The van der Waals surface area contributed by atoms with Crippen LogP contribution in [0.25, 0.3) is 0 Å². The Morgan fingerprint density at radius 3 is 2.58 bits per heavy atom. The first-order chi connectivity index (χ1) is 16.2. The van der Waals surface area contributed by atoms with Crippen LogP contribution in [0.5, 0.6) is 0 Å². The van der Waals surface area contributed by atoms with E-state index in [1.165, 1.54) is 5.06 Å². The van der Waals surface area contributed by atoms with Gasteiger partial charge in [0.25, 0.3) is 11.8 Å². The van der Waals surface area contributed by atoms with Crippen molar-refractivity contribution in [3.05, 3.63) is 83.8 Å². The Morgan fingerprint density at radius 2 is 1.82 bits per heavy atom. The van der Waals surface area contributed by atoms with Gasteiger partial charge in [-0.05, 0) is 54.8 Å². The van der Waals surface area contributed by atoms with E-state index in [0.29, 0.717) is 23.5 Å². The summed E-state index contributed by atoms with van der Waals surface area (Å²) in [5, 5.41) is 7.64. The molecule has 2 amide bonds. The number of carbonyl (C=O) groups excluding carboxylic acids is 2. The smallest absolute Gasteiger partial charge is 0.279 e. The van der Waals surface area contributed by atoms with Crippen molar-refractivity contribution in [2.24, 2.45) is 0 Å². The molecule has 2 heterocycles. The molecule has 33 heavy (non-hydrogen) atoms. The Labute approximate surface area is 193 Å². The maximum Gasteiger partial charge on any atom is 0.279 e. The number of para-hydroxylation sites is 1. The number of anilines is 2. The lowest BCUT2D eigenvalue weighted by Gasteiger charge is -2.27. The fourth-order valence-electron chi connectivity index (χ4n) is 4.02. The number of hydrogen-bond acceptors (Lipinski definition) is 6. The van der Waals surface area contributed by atoms with Gasteiger partial charge in [0.15, 0.2) is 0 Å². The normalized spacial score (nSPS) is 13.5. The van der Waals surface area contributed by atoms with Crippen molar-refractivity contribution < 1.29 is 14.4 Å². The van der Waals surface area contributed by atoms with E-state index >= 15 is 0 Å². The van der Waals surface area contributed by atoms with Gasteiger partial charge in [-0.1, -0.05) is 25.0 Å². The van der Waals surface area contributed by atoms with Crippen LogP contribution in [0, 0.1) is 0 Å². The van der Waals surface area contributed by atoms with Gasteiger partial charge in [-0.2, -0.15) is 0 Å². The van der Waals surface area contributed by atoms with Crippen molar-refractivity contribution in [1.29, 1.82) is 0 Å². The number of nitrogens with one attached hydrogen (secondary N) is 2. The minimum absolute atomic E-state index is 0.113. The highest BCUT2D eigenvalue weighted by atomic mass is 16.7. The van der Waals surface area contributed by atoms with Crippen LogP contribution in [0.3, 0.4) is 0 Å². The molecule has 170 valence electrons. The van der Waals surface area contributed by atoms with E-state index in [2.05, 4.69) is 20.6 Å². The summed E-state index contributed by atoms with van der Waals surface area (Å²) in [7, 11) is 1.55. The van der Waals surface area contributed by atoms with Crippen LogP contribution in [0.15, 0.2) is 67.1 Å². The average molecular weight is 446 g/mol. The third-order valence-corrected chi connectivity index (χ3v) is 5.70. The van der Waals surface area contributed by atoms with E-state index in [0.717, 1.165) is 36.9 Å². The van der Waals surface area contributed by atoms with Gasteiger partial charge in [0, 0.05) is 36.4 Å². The second kappa shape index (κ2) is 10.7. The molecule has 0 bridgehead atoms. The van der Waals surface area contributed by atoms with Crippen molar-refractivity contribution in [3.8, 4) is 0 Å². The largest absolute Gasteiger partial charge is 0.380 e. The van der Waals surface area contributed by atoms with E-state index in [1.807, 2.05) is 24.3 Å². The maximum absolute atomic E-state index is 13.2. The molecule has 4 rings (SSSR count). The molecule has 0 atom stereocenters. The number of nitrogens with zero attached hydrogens (tertiary/aromatic N) is 3. The summed E-state index contributed by atoms with van der Waals surface area (Å²) in [6.45, 7) is 0.460. The molecule has 0 spiro atoms. The molecular weight excluding hydrogens is 418 g/mol. The molecule has 1 aliphatic carbocycles. The van der Waals surface area contributed by atoms with Gasteiger partial charge < -0.3 is 10.6 Å². The quantitative estimate of drug-likeness (QED) is 0.502. The molecule has 3 aromatic rings. The van der Waals surface area contributed by atoms with Crippen LogP contribution in [0.1, 0.15) is 52.0 Å². The van der Waals surface area contributed by atoms with Crippen LogP contribution in [0.4, 0.5) is 11.5 Å². The van der Waals surface area contributed by atoms with Crippen molar-refractivity contribution in [2.45, 2.75) is 38.3 Å².